The quantitative estimate of drug-likeness (QED) is 0.354. The zero-order chi connectivity index (χ0) is 14.0. The summed E-state index contributed by atoms with van der Waals surface area (Å²) in [6.07, 6.45) is 12.6. The van der Waals surface area contributed by atoms with E-state index in [9.17, 15) is 0 Å². The molecule has 0 aliphatic heterocycles. The van der Waals surface area contributed by atoms with Crippen LogP contribution in [0, 0.1) is 17.3 Å². The lowest BCUT2D eigenvalue weighted by atomic mass is 9.80. The Labute approximate surface area is 117 Å². The van der Waals surface area contributed by atoms with E-state index in [1.807, 2.05) is 0 Å². The van der Waals surface area contributed by atoms with E-state index >= 15 is 0 Å². The summed E-state index contributed by atoms with van der Waals surface area (Å²) in [5.41, 5.74) is 0.575. The van der Waals surface area contributed by atoms with Crippen LogP contribution in [-0.2, 0) is 0 Å². The molecule has 1 atom stereocenters. The van der Waals surface area contributed by atoms with Gasteiger partial charge in [-0.1, -0.05) is 86.5 Å². The fourth-order valence-corrected chi connectivity index (χ4v) is 3.54. The Morgan fingerprint density at radius 2 is 1.28 bits per heavy atom. The molecule has 0 spiro atoms. The molecule has 0 saturated carbocycles. The first-order chi connectivity index (χ1) is 8.50. The van der Waals surface area contributed by atoms with E-state index in [2.05, 4.69) is 41.5 Å². The highest BCUT2D eigenvalue weighted by atomic mass is 14.2. The second kappa shape index (κ2) is 9.87. The lowest BCUT2D eigenvalue weighted by Gasteiger charge is -2.26. The van der Waals surface area contributed by atoms with Crippen LogP contribution in [0.5, 0.6) is 0 Å². The second-order valence-corrected chi connectivity index (χ2v) is 6.90. The standard InChI is InChI=1S/C18H38/c1-7-14-18(5,6)15-12-11-13-17(10-4)16(8-2)9-3/h16-17H,7-15H2,1-6H3. The predicted molar refractivity (Wildman–Crippen MR) is 85.0 cm³/mol. The van der Waals surface area contributed by atoms with E-state index in [0.717, 1.165) is 11.8 Å². The van der Waals surface area contributed by atoms with Gasteiger partial charge in [0.05, 0.1) is 0 Å². The molecule has 0 aromatic rings. The molecule has 0 saturated heterocycles. The molecule has 0 fully saturated rings. The molecular formula is C18H38. The summed E-state index contributed by atoms with van der Waals surface area (Å²) in [4.78, 5) is 0. The van der Waals surface area contributed by atoms with Crippen molar-refractivity contribution in [2.75, 3.05) is 0 Å². The van der Waals surface area contributed by atoms with Crippen LogP contribution < -0.4 is 0 Å². The van der Waals surface area contributed by atoms with Crippen molar-refractivity contribution < 1.29 is 0 Å². The van der Waals surface area contributed by atoms with Crippen LogP contribution in [-0.4, -0.2) is 0 Å². The molecule has 0 rings (SSSR count). The van der Waals surface area contributed by atoms with Gasteiger partial charge in [-0.2, -0.15) is 0 Å². The van der Waals surface area contributed by atoms with Crippen molar-refractivity contribution in [2.24, 2.45) is 17.3 Å². The van der Waals surface area contributed by atoms with Crippen molar-refractivity contribution in [3.8, 4) is 0 Å². The van der Waals surface area contributed by atoms with E-state index in [1.165, 1.54) is 57.8 Å². The molecule has 0 heteroatoms. The van der Waals surface area contributed by atoms with Crippen LogP contribution in [0.15, 0.2) is 0 Å². The van der Waals surface area contributed by atoms with Gasteiger partial charge in [-0.25, -0.2) is 0 Å². The summed E-state index contributed by atoms with van der Waals surface area (Å²) in [6, 6.07) is 0. The monoisotopic (exact) mass is 254 g/mol. The smallest absolute Gasteiger partial charge is 0.0354 e. The third-order valence-electron chi connectivity index (χ3n) is 4.85. The van der Waals surface area contributed by atoms with Gasteiger partial charge >= 0.3 is 0 Å². The highest BCUT2D eigenvalue weighted by Crippen LogP contribution is 2.31. The normalized spacial score (nSPS) is 14.2. The Kier molecular flexibility index (Phi) is 9.87. The molecule has 0 aromatic heterocycles. The molecule has 0 radical (unpaired) electrons. The molecule has 0 heterocycles. The van der Waals surface area contributed by atoms with Crippen molar-refractivity contribution >= 4 is 0 Å². The van der Waals surface area contributed by atoms with Crippen molar-refractivity contribution in [3.63, 3.8) is 0 Å². The van der Waals surface area contributed by atoms with Crippen molar-refractivity contribution in [1.29, 1.82) is 0 Å². The molecule has 0 nitrogen and oxygen atoms in total. The molecule has 0 bridgehead atoms. The Hall–Kier alpha value is 0. The van der Waals surface area contributed by atoms with Gasteiger partial charge in [0.25, 0.3) is 0 Å². The van der Waals surface area contributed by atoms with Gasteiger partial charge in [0.2, 0.25) is 0 Å². The molecule has 0 N–H and O–H groups in total. The second-order valence-electron chi connectivity index (χ2n) is 6.90. The maximum Gasteiger partial charge on any atom is -0.0354 e. The van der Waals surface area contributed by atoms with Crippen molar-refractivity contribution in [1.82, 2.24) is 0 Å². The zero-order valence-corrected chi connectivity index (χ0v) is 14.0. The molecule has 0 amide bonds. The maximum atomic E-state index is 2.44. The van der Waals surface area contributed by atoms with E-state index in [-0.39, 0.29) is 0 Å². The van der Waals surface area contributed by atoms with Gasteiger partial charge in [-0.05, 0) is 30.1 Å². The van der Waals surface area contributed by atoms with E-state index < -0.39 is 0 Å². The first-order valence-corrected chi connectivity index (χ1v) is 8.50. The average molecular weight is 255 g/mol. The number of unbranched alkanes of at least 4 members (excludes halogenated alkanes) is 1. The minimum atomic E-state index is 0.575. The summed E-state index contributed by atoms with van der Waals surface area (Å²) < 4.78 is 0. The predicted octanol–water partition coefficient (Wildman–Crippen LogP) is 6.84. The molecule has 18 heavy (non-hydrogen) atoms. The first-order valence-electron chi connectivity index (χ1n) is 8.50. The molecule has 0 aliphatic rings. The number of hydrogen-bond acceptors (Lipinski definition) is 0. The Bertz CT molecular complexity index is 176. The average Bonchev–Trinajstić information content (AvgIpc) is 2.33. The minimum absolute atomic E-state index is 0.575. The Balaban J connectivity index is 3.87. The first kappa shape index (κ1) is 18.0. The maximum absolute atomic E-state index is 2.44. The summed E-state index contributed by atoms with van der Waals surface area (Å²) in [5, 5.41) is 0. The third kappa shape index (κ3) is 7.44. The zero-order valence-electron chi connectivity index (χ0n) is 14.0. The van der Waals surface area contributed by atoms with Crippen molar-refractivity contribution in [2.45, 2.75) is 99.3 Å². The number of hydrogen-bond donors (Lipinski definition) is 0. The summed E-state index contributed by atoms with van der Waals surface area (Å²) in [6.45, 7) is 14.3. The summed E-state index contributed by atoms with van der Waals surface area (Å²) in [5.74, 6) is 1.95. The fraction of sp³-hybridized carbons (Fsp3) is 1.00. The number of rotatable bonds is 11. The van der Waals surface area contributed by atoms with Gasteiger partial charge < -0.3 is 0 Å². The fourth-order valence-electron chi connectivity index (χ4n) is 3.54. The molecule has 0 aromatic carbocycles. The van der Waals surface area contributed by atoms with Crippen molar-refractivity contribution in [3.05, 3.63) is 0 Å². The summed E-state index contributed by atoms with van der Waals surface area (Å²) in [7, 11) is 0. The van der Waals surface area contributed by atoms with Crippen LogP contribution in [0.4, 0.5) is 0 Å². The van der Waals surface area contributed by atoms with E-state index in [1.54, 1.807) is 0 Å². The van der Waals surface area contributed by atoms with Gasteiger partial charge in [-0.15, -0.1) is 0 Å². The van der Waals surface area contributed by atoms with E-state index in [4.69, 9.17) is 0 Å². The van der Waals surface area contributed by atoms with Gasteiger partial charge in [0, 0.05) is 0 Å². The molecule has 1 unspecified atom stereocenters. The summed E-state index contributed by atoms with van der Waals surface area (Å²) >= 11 is 0. The largest absolute Gasteiger partial charge is 0.0654 e. The Morgan fingerprint density at radius 1 is 0.722 bits per heavy atom. The van der Waals surface area contributed by atoms with Crippen LogP contribution in [0.3, 0.4) is 0 Å². The molecular weight excluding hydrogens is 216 g/mol. The van der Waals surface area contributed by atoms with Crippen LogP contribution in [0.1, 0.15) is 99.3 Å². The molecule has 0 aliphatic carbocycles. The van der Waals surface area contributed by atoms with Crippen LogP contribution in [0.2, 0.25) is 0 Å². The minimum Gasteiger partial charge on any atom is -0.0654 e. The van der Waals surface area contributed by atoms with Gasteiger partial charge in [0.15, 0.2) is 0 Å². The van der Waals surface area contributed by atoms with Crippen LogP contribution in [0.25, 0.3) is 0 Å². The third-order valence-corrected chi connectivity index (χ3v) is 4.85. The lowest BCUT2D eigenvalue weighted by Crippen LogP contribution is -2.14. The molecule has 110 valence electrons. The van der Waals surface area contributed by atoms with E-state index in [0.29, 0.717) is 5.41 Å². The highest BCUT2D eigenvalue weighted by molar-refractivity contribution is 4.70. The highest BCUT2D eigenvalue weighted by Gasteiger charge is 2.18. The lowest BCUT2D eigenvalue weighted by molar-refractivity contribution is 0.257. The Morgan fingerprint density at radius 3 is 1.72 bits per heavy atom. The van der Waals surface area contributed by atoms with Gasteiger partial charge in [-0.3, -0.25) is 0 Å². The van der Waals surface area contributed by atoms with Gasteiger partial charge in [0.1, 0.15) is 0 Å². The van der Waals surface area contributed by atoms with Crippen LogP contribution >= 0.6 is 0 Å². The SMILES string of the molecule is CCCC(C)(C)CCCCC(CC)C(CC)CC. The topological polar surface area (TPSA) is 0 Å².